The molecule has 0 saturated carbocycles. The molecule has 0 fully saturated rings. The summed E-state index contributed by atoms with van der Waals surface area (Å²) in [6.45, 7) is 0. The number of rotatable bonds is 3. The average molecular weight is 204 g/mol. The highest BCUT2D eigenvalue weighted by Crippen LogP contribution is 1.61. The van der Waals surface area contributed by atoms with E-state index in [1.165, 1.54) is 11.0 Å². The Balaban J connectivity index is 3.60. The molecule has 78 valence electrons. The van der Waals surface area contributed by atoms with E-state index >= 15 is 0 Å². The van der Waals surface area contributed by atoms with E-state index in [0.29, 0.717) is 0 Å². The summed E-state index contributed by atoms with van der Waals surface area (Å²) < 4.78 is 0. The summed E-state index contributed by atoms with van der Waals surface area (Å²) in [6.07, 6.45) is 2.04. The van der Waals surface area contributed by atoms with Gasteiger partial charge in [0.25, 0.3) is 0 Å². The van der Waals surface area contributed by atoms with E-state index < -0.39 is 12.1 Å². The number of carbonyl (C=O) groups excluding carboxylic acids is 2. The molecule has 0 aliphatic rings. The largest absolute Gasteiger partial charge is 0.358 e. The number of urea groups is 2. The van der Waals surface area contributed by atoms with Gasteiger partial charge in [-0.25, -0.2) is 31.4 Å². The first-order valence-corrected chi connectivity index (χ1v) is 3.15. The summed E-state index contributed by atoms with van der Waals surface area (Å²) in [5, 5.41) is 22.4. The summed E-state index contributed by atoms with van der Waals surface area (Å²) >= 11 is 0. The van der Waals surface area contributed by atoms with Gasteiger partial charge in [-0.3, -0.25) is 10.4 Å². The van der Waals surface area contributed by atoms with Gasteiger partial charge in [0.2, 0.25) is 0 Å². The van der Waals surface area contributed by atoms with Crippen molar-refractivity contribution < 1.29 is 20.0 Å². The summed E-state index contributed by atoms with van der Waals surface area (Å²) in [5.41, 5.74) is 6.19. The minimum atomic E-state index is -0.921. The van der Waals surface area contributed by atoms with E-state index in [2.05, 4.69) is 10.2 Å². The Morgan fingerprint density at radius 3 is 1.57 bits per heavy atom. The smallest absolute Gasteiger partial charge is 0.287 e. The molecule has 0 radical (unpaired) electrons. The van der Waals surface area contributed by atoms with Crippen LogP contribution in [0.1, 0.15) is 0 Å². The van der Waals surface area contributed by atoms with Crippen molar-refractivity contribution in [2.45, 2.75) is 0 Å². The molecule has 0 heterocycles. The predicted molar refractivity (Wildman–Crippen MR) is 43.9 cm³/mol. The first kappa shape index (κ1) is 11.8. The number of hydroxylamine groups is 2. The molecule has 0 spiro atoms. The molecule has 0 atom stereocenters. The molecule has 4 amide bonds. The maximum Gasteiger partial charge on any atom is 0.358 e. The Bertz CT molecular complexity index is 224. The standard InChI is InChI=1S/C4H8N6O4/c11-3(9-13)7-5-1-2-6-8-4(12)10-14/h1-2,13-14H,(H2,7,9,11)(H2,8,10,12)/b5-1+,6-2+. The van der Waals surface area contributed by atoms with Crippen LogP contribution in [0.5, 0.6) is 0 Å². The summed E-state index contributed by atoms with van der Waals surface area (Å²) in [4.78, 5) is 20.5. The van der Waals surface area contributed by atoms with Gasteiger partial charge in [0, 0.05) is 0 Å². The van der Waals surface area contributed by atoms with Crippen molar-refractivity contribution in [1.82, 2.24) is 21.8 Å². The molecule has 0 aromatic heterocycles. The Morgan fingerprint density at radius 1 is 0.929 bits per heavy atom. The zero-order valence-corrected chi connectivity index (χ0v) is 6.76. The second-order valence-corrected chi connectivity index (χ2v) is 1.66. The lowest BCUT2D eigenvalue weighted by atomic mass is 10.8. The van der Waals surface area contributed by atoms with Crippen LogP contribution in [0.4, 0.5) is 9.59 Å². The first-order valence-electron chi connectivity index (χ1n) is 3.15. The first-order chi connectivity index (χ1) is 6.70. The molecule has 6 N–H and O–H groups in total. The zero-order valence-electron chi connectivity index (χ0n) is 6.76. The Morgan fingerprint density at radius 2 is 1.29 bits per heavy atom. The minimum absolute atomic E-state index is 0.921. The number of carbonyl (C=O) groups is 2. The zero-order chi connectivity index (χ0) is 10.8. The van der Waals surface area contributed by atoms with Crippen LogP contribution in [0.2, 0.25) is 0 Å². The molecule has 0 rings (SSSR count). The molecule has 0 bridgehead atoms. The highest BCUT2D eigenvalue weighted by molar-refractivity contribution is 6.16. The molecular formula is C4H8N6O4. The number of amides is 4. The summed E-state index contributed by atoms with van der Waals surface area (Å²) in [5.74, 6) is 0. The van der Waals surface area contributed by atoms with Crippen LogP contribution in [-0.2, 0) is 0 Å². The molecule has 0 aromatic rings. The molecule has 14 heavy (non-hydrogen) atoms. The molecule has 0 aliphatic heterocycles. The molecule has 10 heteroatoms. The van der Waals surface area contributed by atoms with E-state index in [-0.39, 0.29) is 0 Å². The highest BCUT2D eigenvalue weighted by atomic mass is 16.5. The van der Waals surface area contributed by atoms with Crippen LogP contribution in [0.25, 0.3) is 0 Å². The highest BCUT2D eigenvalue weighted by Gasteiger charge is 1.90. The number of nitrogens with one attached hydrogen (secondary N) is 4. The summed E-state index contributed by atoms with van der Waals surface area (Å²) in [7, 11) is 0. The second kappa shape index (κ2) is 7.45. The van der Waals surface area contributed by atoms with Gasteiger partial charge < -0.3 is 0 Å². The Hall–Kier alpha value is -2.20. The fraction of sp³-hybridized carbons (Fsp3) is 0. The summed E-state index contributed by atoms with van der Waals surface area (Å²) in [6, 6.07) is -1.84. The average Bonchev–Trinajstić information content (AvgIpc) is 2.22. The van der Waals surface area contributed by atoms with Gasteiger partial charge in [-0.05, 0) is 0 Å². The lowest BCUT2D eigenvalue weighted by Crippen LogP contribution is -2.30. The minimum Gasteiger partial charge on any atom is -0.287 e. The van der Waals surface area contributed by atoms with E-state index in [0.717, 1.165) is 12.4 Å². The van der Waals surface area contributed by atoms with Crippen molar-refractivity contribution in [3.63, 3.8) is 0 Å². The van der Waals surface area contributed by atoms with Crippen molar-refractivity contribution in [2.24, 2.45) is 10.2 Å². The van der Waals surface area contributed by atoms with Crippen molar-refractivity contribution in [2.75, 3.05) is 0 Å². The Labute approximate surface area is 77.6 Å². The number of hydrazone groups is 2. The van der Waals surface area contributed by atoms with Crippen LogP contribution in [0.15, 0.2) is 10.2 Å². The normalized spacial score (nSPS) is 10.1. The van der Waals surface area contributed by atoms with E-state index in [1.807, 2.05) is 10.9 Å². The SMILES string of the molecule is O=C(NO)N/N=C/C=N/NC(=O)NO. The van der Waals surface area contributed by atoms with Gasteiger partial charge in [0.1, 0.15) is 0 Å². The van der Waals surface area contributed by atoms with Crippen LogP contribution in [-0.4, -0.2) is 34.9 Å². The third-order valence-electron chi connectivity index (χ3n) is 0.751. The van der Waals surface area contributed by atoms with Crippen LogP contribution in [0, 0.1) is 0 Å². The monoisotopic (exact) mass is 204 g/mol. The van der Waals surface area contributed by atoms with Crippen LogP contribution < -0.4 is 21.8 Å². The predicted octanol–water partition coefficient (Wildman–Crippen LogP) is -1.67. The van der Waals surface area contributed by atoms with Crippen molar-refractivity contribution in [1.29, 1.82) is 0 Å². The van der Waals surface area contributed by atoms with Gasteiger partial charge in [0.05, 0.1) is 12.4 Å². The van der Waals surface area contributed by atoms with Crippen molar-refractivity contribution in [3.05, 3.63) is 0 Å². The number of hydrogen-bond acceptors (Lipinski definition) is 6. The molecule has 0 aromatic carbocycles. The lowest BCUT2D eigenvalue weighted by Gasteiger charge is -1.93. The fourth-order valence-electron chi connectivity index (χ4n) is 0.308. The quantitative estimate of drug-likeness (QED) is 0.185. The van der Waals surface area contributed by atoms with Gasteiger partial charge in [0.15, 0.2) is 0 Å². The molecular weight excluding hydrogens is 196 g/mol. The number of hydrogen-bond donors (Lipinski definition) is 6. The number of nitrogens with zero attached hydrogens (tertiary/aromatic N) is 2. The molecule has 0 saturated heterocycles. The van der Waals surface area contributed by atoms with E-state index in [4.69, 9.17) is 10.4 Å². The molecule has 0 aliphatic carbocycles. The van der Waals surface area contributed by atoms with Gasteiger partial charge in [-0.1, -0.05) is 0 Å². The fourth-order valence-corrected chi connectivity index (χ4v) is 0.308. The van der Waals surface area contributed by atoms with Crippen molar-refractivity contribution in [3.8, 4) is 0 Å². The van der Waals surface area contributed by atoms with Gasteiger partial charge in [-0.2, -0.15) is 10.2 Å². The maximum atomic E-state index is 10.3. The van der Waals surface area contributed by atoms with Gasteiger partial charge >= 0.3 is 12.1 Å². The van der Waals surface area contributed by atoms with Crippen LogP contribution in [0.3, 0.4) is 0 Å². The maximum absolute atomic E-state index is 10.3. The molecule has 10 nitrogen and oxygen atoms in total. The third-order valence-corrected chi connectivity index (χ3v) is 0.751. The van der Waals surface area contributed by atoms with E-state index in [1.54, 1.807) is 0 Å². The van der Waals surface area contributed by atoms with Gasteiger partial charge in [-0.15, -0.1) is 0 Å². The van der Waals surface area contributed by atoms with Crippen LogP contribution >= 0.6 is 0 Å². The van der Waals surface area contributed by atoms with Crippen molar-refractivity contribution >= 4 is 24.5 Å². The molecule has 0 unspecified atom stereocenters. The topological polar surface area (TPSA) is 147 Å². The Kier molecular flexibility index (Phi) is 6.28. The van der Waals surface area contributed by atoms with E-state index in [9.17, 15) is 9.59 Å². The lowest BCUT2D eigenvalue weighted by molar-refractivity contribution is 0.162. The second-order valence-electron chi connectivity index (χ2n) is 1.66. The third kappa shape index (κ3) is 6.51.